The quantitative estimate of drug-likeness (QED) is 0.639. The van der Waals surface area contributed by atoms with Gasteiger partial charge in [-0.2, -0.15) is 5.26 Å². The van der Waals surface area contributed by atoms with Gasteiger partial charge in [0.2, 0.25) is 0 Å². The first-order chi connectivity index (χ1) is 6.25. The molecule has 0 aliphatic heterocycles. The van der Waals surface area contributed by atoms with Crippen LogP contribution >= 0.6 is 0 Å². The number of pyridine rings is 1. The standard InChI is InChI=1S/C10H11N3/c1-13(2)10-6-4-8-12-9(10)5-3-7-11/h3-6,8H,1-2H3/b5-3+. The van der Waals surface area contributed by atoms with Gasteiger partial charge in [0.25, 0.3) is 0 Å². The molecule has 0 aliphatic carbocycles. The SMILES string of the molecule is CN(C)c1cccnc1/C=C/C#N. The molecule has 1 aromatic heterocycles. The van der Waals surface area contributed by atoms with Gasteiger partial charge in [-0.1, -0.05) is 0 Å². The van der Waals surface area contributed by atoms with Gasteiger partial charge in [0.15, 0.2) is 0 Å². The van der Waals surface area contributed by atoms with Gasteiger partial charge < -0.3 is 4.90 Å². The van der Waals surface area contributed by atoms with Crippen molar-refractivity contribution < 1.29 is 0 Å². The lowest BCUT2D eigenvalue weighted by atomic mass is 10.2. The van der Waals surface area contributed by atoms with Crippen LogP contribution in [0.3, 0.4) is 0 Å². The van der Waals surface area contributed by atoms with E-state index in [-0.39, 0.29) is 0 Å². The van der Waals surface area contributed by atoms with E-state index in [9.17, 15) is 0 Å². The average molecular weight is 173 g/mol. The summed E-state index contributed by atoms with van der Waals surface area (Å²) in [6.07, 6.45) is 4.84. The van der Waals surface area contributed by atoms with E-state index in [1.54, 1.807) is 12.3 Å². The number of nitriles is 1. The topological polar surface area (TPSA) is 39.9 Å². The molecule has 1 rings (SSSR count). The second-order valence-corrected chi connectivity index (χ2v) is 2.76. The zero-order chi connectivity index (χ0) is 9.68. The summed E-state index contributed by atoms with van der Waals surface area (Å²) < 4.78 is 0. The monoisotopic (exact) mass is 173 g/mol. The Morgan fingerprint density at radius 1 is 1.54 bits per heavy atom. The molecule has 0 radical (unpaired) electrons. The van der Waals surface area contributed by atoms with Crippen molar-refractivity contribution in [3.63, 3.8) is 0 Å². The van der Waals surface area contributed by atoms with E-state index >= 15 is 0 Å². The summed E-state index contributed by atoms with van der Waals surface area (Å²) in [6.45, 7) is 0. The second-order valence-electron chi connectivity index (χ2n) is 2.76. The number of anilines is 1. The predicted molar refractivity (Wildman–Crippen MR) is 53.2 cm³/mol. The zero-order valence-electron chi connectivity index (χ0n) is 7.73. The lowest BCUT2D eigenvalue weighted by Gasteiger charge is -2.13. The molecule has 0 saturated heterocycles. The molecule has 0 bridgehead atoms. The van der Waals surface area contributed by atoms with E-state index in [0.717, 1.165) is 11.4 Å². The molecule has 0 amide bonds. The average Bonchev–Trinajstić information content (AvgIpc) is 2.15. The summed E-state index contributed by atoms with van der Waals surface area (Å²) in [4.78, 5) is 6.12. The Morgan fingerprint density at radius 3 is 2.92 bits per heavy atom. The maximum Gasteiger partial charge on any atom is 0.0912 e. The third-order valence-corrected chi connectivity index (χ3v) is 1.61. The Hall–Kier alpha value is -1.82. The molecular weight excluding hydrogens is 162 g/mol. The van der Waals surface area contributed by atoms with Crippen LogP contribution in [0, 0.1) is 11.3 Å². The number of nitrogens with zero attached hydrogens (tertiary/aromatic N) is 3. The second kappa shape index (κ2) is 4.27. The van der Waals surface area contributed by atoms with Crippen LogP contribution in [0.15, 0.2) is 24.4 Å². The lowest BCUT2D eigenvalue weighted by molar-refractivity contribution is 1.10. The van der Waals surface area contributed by atoms with Crippen LogP contribution in [-0.2, 0) is 0 Å². The van der Waals surface area contributed by atoms with Crippen LogP contribution in [0.2, 0.25) is 0 Å². The fourth-order valence-corrected chi connectivity index (χ4v) is 1.03. The van der Waals surface area contributed by atoms with Crippen molar-refractivity contribution in [3.8, 4) is 6.07 Å². The molecule has 3 nitrogen and oxygen atoms in total. The number of hydrogen-bond donors (Lipinski definition) is 0. The Labute approximate surface area is 77.9 Å². The third-order valence-electron chi connectivity index (χ3n) is 1.61. The van der Waals surface area contributed by atoms with E-state index < -0.39 is 0 Å². The third kappa shape index (κ3) is 2.31. The highest BCUT2D eigenvalue weighted by molar-refractivity contribution is 5.64. The Balaban J connectivity index is 3.06. The molecule has 1 heterocycles. The van der Waals surface area contributed by atoms with Gasteiger partial charge >= 0.3 is 0 Å². The smallest absolute Gasteiger partial charge is 0.0912 e. The maximum absolute atomic E-state index is 8.38. The van der Waals surface area contributed by atoms with Crippen molar-refractivity contribution in [1.29, 1.82) is 5.26 Å². The molecule has 0 atom stereocenters. The van der Waals surface area contributed by atoms with Crippen LogP contribution < -0.4 is 4.90 Å². The first-order valence-electron chi connectivity index (χ1n) is 3.94. The highest BCUT2D eigenvalue weighted by atomic mass is 15.1. The molecule has 0 fully saturated rings. The fraction of sp³-hybridized carbons (Fsp3) is 0.200. The van der Waals surface area contributed by atoms with Crippen molar-refractivity contribution in [2.75, 3.05) is 19.0 Å². The number of allylic oxidation sites excluding steroid dienone is 1. The summed E-state index contributed by atoms with van der Waals surface area (Å²) in [5.41, 5.74) is 1.82. The summed E-state index contributed by atoms with van der Waals surface area (Å²) in [7, 11) is 3.89. The minimum atomic E-state index is 0.814. The van der Waals surface area contributed by atoms with E-state index in [2.05, 4.69) is 4.98 Å². The zero-order valence-corrected chi connectivity index (χ0v) is 7.73. The van der Waals surface area contributed by atoms with Crippen molar-refractivity contribution in [3.05, 3.63) is 30.1 Å². The van der Waals surface area contributed by atoms with Crippen LogP contribution in [0.5, 0.6) is 0 Å². The van der Waals surface area contributed by atoms with Crippen molar-refractivity contribution in [1.82, 2.24) is 4.98 Å². The van der Waals surface area contributed by atoms with Crippen LogP contribution in [0.25, 0.3) is 6.08 Å². The van der Waals surface area contributed by atoms with Gasteiger partial charge in [-0.05, 0) is 18.2 Å². The van der Waals surface area contributed by atoms with Crippen LogP contribution in [0.4, 0.5) is 5.69 Å². The summed E-state index contributed by atoms with van der Waals surface area (Å²) in [6, 6.07) is 5.78. The molecule has 1 aromatic rings. The highest BCUT2D eigenvalue weighted by Gasteiger charge is 2.00. The first-order valence-corrected chi connectivity index (χ1v) is 3.94. The van der Waals surface area contributed by atoms with Gasteiger partial charge in [0, 0.05) is 26.4 Å². The molecule has 66 valence electrons. The number of aromatic nitrogens is 1. The van der Waals surface area contributed by atoms with Crippen molar-refractivity contribution in [2.24, 2.45) is 0 Å². The predicted octanol–water partition coefficient (Wildman–Crippen LogP) is 1.68. The van der Waals surface area contributed by atoms with Gasteiger partial charge in [-0.15, -0.1) is 0 Å². The van der Waals surface area contributed by atoms with E-state index in [0.29, 0.717) is 0 Å². The largest absolute Gasteiger partial charge is 0.376 e. The van der Waals surface area contributed by atoms with Gasteiger partial charge in [-0.25, -0.2) is 0 Å². The molecule has 3 heteroatoms. The van der Waals surface area contributed by atoms with Crippen LogP contribution in [-0.4, -0.2) is 19.1 Å². The maximum atomic E-state index is 8.38. The Morgan fingerprint density at radius 2 is 2.31 bits per heavy atom. The van der Waals surface area contributed by atoms with Gasteiger partial charge in [-0.3, -0.25) is 4.98 Å². The number of hydrogen-bond acceptors (Lipinski definition) is 3. The summed E-state index contributed by atoms with van der Waals surface area (Å²) in [5, 5.41) is 8.38. The molecule has 0 spiro atoms. The van der Waals surface area contributed by atoms with E-state index in [1.807, 2.05) is 37.2 Å². The normalized spacial score (nSPS) is 9.92. The fourth-order valence-electron chi connectivity index (χ4n) is 1.03. The lowest BCUT2D eigenvalue weighted by Crippen LogP contribution is -2.10. The Bertz CT molecular complexity index is 347. The summed E-state index contributed by atoms with van der Waals surface area (Å²) >= 11 is 0. The molecule has 0 aromatic carbocycles. The van der Waals surface area contributed by atoms with Gasteiger partial charge in [0.1, 0.15) is 0 Å². The minimum absolute atomic E-state index is 0.814. The van der Waals surface area contributed by atoms with E-state index in [1.165, 1.54) is 6.08 Å². The Kier molecular flexibility index (Phi) is 3.04. The highest BCUT2D eigenvalue weighted by Crippen LogP contribution is 2.16. The molecule has 0 saturated carbocycles. The molecule has 0 N–H and O–H groups in total. The molecule has 13 heavy (non-hydrogen) atoms. The molecule has 0 unspecified atom stereocenters. The number of rotatable bonds is 2. The summed E-state index contributed by atoms with van der Waals surface area (Å²) in [5.74, 6) is 0. The first kappa shape index (κ1) is 9.27. The molecule has 0 aliphatic rings. The van der Waals surface area contributed by atoms with Crippen LogP contribution in [0.1, 0.15) is 5.69 Å². The van der Waals surface area contributed by atoms with Crippen molar-refractivity contribution >= 4 is 11.8 Å². The van der Waals surface area contributed by atoms with E-state index in [4.69, 9.17) is 5.26 Å². The van der Waals surface area contributed by atoms with Gasteiger partial charge in [0.05, 0.1) is 17.5 Å². The minimum Gasteiger partial charge on any atom is -0.376 e. The molecular formula is C10H11N3. The van der Waals surface area contributed by atoms with Crippen molar-refractivity contribution in [2.45, 2.75) is 0 Å².